The summed E-state index contributed by atoms with van der Waals surface area (Å²) < 4.78 is 9.85. The number of aliphatic hydroxyl groups is 1. The van der Waals surface area contributed by atoms with Gasteiger partial charge >= 0.3 is 5.97 Å². The summed E-state index contributed by atoms with van der Waals surface area (Å²) in [6.45, 7) is 3.39. The van der Waals surface area contributed by atoms with Crippen molar-refractivity contribution in [3.05, 3.63) is 0 Å². The van der Waals surface area contributed by atoms with Gasteiger partial charge in [-0.25, -0.2) is 0 Å². The third-order valence-electron chi connectivity index (χ3n) is 1.71. The van der Waals surface area contributed by atoms with E-state index in [9.17, 15) is 4.79 Å². The van der Waals surface area contributed by atoms with Gasteiger partial charge in [0.25, 0.3) is 0 Å². The number of hydrogen-bond donors (Lipinski definition) is 1. The van der Waals surface area contributed by atoms with E-state index in [1.165, 1.54) is 0 Å². The maximum absolute atomic E-state index is 10.9. The molecule has 0 radical (unpaired) electrons. The van der Waals surface area contributed by atoms with Crippen LogP contribution in [-0.2, 0) is 14.3 Å². The van der Waals surface area contributed by atoms with Crippen LogP contribution >= 0.6 is 0 Å². The number of carbonyl (C=O) groups is 1. The van der Waals surface area contributed by atoms with Crippen molar-refractivity contribution in [3.8, 4) is 0 Å². The third kappa shape index (κ3) is 9.48. The molecule has 0 heterocycles. The molecule has 0 aromatic carbocycles. The third-order valence-corrected chi connectivity index (χ3v) is 1.71. The fraction of sp³-hybridized carbons (Fsp3) is 0.900. The molecule has 0 spiro atoms. The van der Waals surface area contributed by atoms with Crippen molar-refractivity contribution < 1.29 is 19.4 Å². The molecule has 4 nitrogen and oxygen atoms in total. The number of rotatable bonds is 9. The van der Waals surface area contributed by atoms with E-state index in [4.69, 9.17) is 14.6 Å². The minimum absolute atomic E-state index is 0.0722. The lowest BCUT2D eigenvalue weighted by molar-refractivity contribution is -0.143. The molecular weight excluding hydrogens is 184 g/mol. The Morgan fingerprint density at radius 2 is 2.00 bits per heavy atom. The van der Waals surface area contributed by atoms with Gasteiger partial charge in [-0.15, -0.1) is 0 Å². The van der Waals surface area contributed by atoms with Crippen LogP contribution in [0.1, 0.15) is 32.6 Å². The standard InChI is InChI=1S/C10H20O4/c1-2-14-10(12)6-4-3-5-8-13-9-7-11/h11H,2-9H2,1H3. The predicted octanol–water partition coefficient (Wildman–Crippen LogP) is 1.12. The van der Waals surface area contributed by atoms with E-state index < -0.39 is 0 Å². The van der Waals surface area contributed by atoms with Crippen molar-refractivity contribution in [2.24, 2.45) is 0 Å². The van der Waals surface area contributed by atoms with Gasteiger partial charge < -0.3 is 14.6 Å². The van der Waals surface area contributed by atoms with Crippen molar-refractivity contribution >= 4 is 5.97 Å². The fourth-order valence-electron chi connectivity index (χ4n) is 1.05. The molecule has 0 aromatic heterocycles. The summed E-state index contributed by atoms with van der Waals surface area (Å²) in [7, 11) is 0. The van der Waals surface area contributed by atoms with Gasteiger partial charge in [0.05, 0.1) is 19.8 Å². The van der Waals surface area contributed by atoms with E-state index >= 15 is 0 Å². The van der Waals surface area contributed by atoms with Crippen LogP contribution in [0, 0.1) is 0 Å². The molecule has 0 saturated carbocycles. The molecule has 0 atom stereocenters. The summed E-state index contributed by atoms with van der Waals surface area (Å²) in [4.78, 5) is 10.9. The van der Waals surface area contributed by atoms with Crippen molar-refractivity contribution in [1.82, 2.24) is 0 Å². The monoisotopic (exact) mass is 204 g/mol. The molecule has 0 unspecified atom stereocenters. The maximum atomic E-state index is 10.9. The largest absolute Gasteiger partial charge is 0.466 e. The van der Waals surface area contributed by atoms with Gasteiger partial charge in [-0.05, 0) is 19.8 Å². The molecule has 0 aliphatic rings. The highest BCUT2D eigenvalue weighted by atomic mass is 16.5. The smallest absolute Gasteiger partial charge is 0.305 e. The first-order chi connectivity index (χ1) is 6.81. The number of unbranched alkanes of at least 4 members (excludes halogenated alkanes) is 2. The number of esters is 1. The van der Waals surface area contributed by atoms with Crippen molar-refractivity contribution in [2.45, 2.75) is 32.6 Å². The zero-order chi connectivity index (χ0) is 10.6. The molecule has 0 fully saturated rings. The zero-order valence-corrected chi connectivity index (χ0v) is 8.83. The topological polar surface area (TPSA) is 55.8 Å². The second kappa shape index (κ2) is 10.5. The molecule has 0 aromatic rings. The summed E-state index contributed by atoms with van der Waals surface area (Å²) in [5.74, 6) is -0.122. The van der Waals surface area contributed by atoms with Crippen LogP contribution in [0.4, 0.5) is 0 Å². The summed E-state index contributed by atoms with van der Waals surface area (Å²) in [6.07, 6.45) is 3.23. The summed E-state index contributed by atoms with van der Waals surface area (Å²) in [5.41, 5.74) is 0. The van der Waals surface area contributed by atoms with Crippen molar-refractivity contribution in [1.29, 1.82) is 0 Å². The van der Waals surface area contributed by atoms with E-state index in [0.29, 0.717) is 26.2 Å². The van der Waals surface area contributed by atoms with Crippen LogP contribution in [0.3, 0.4) is 0 Å². The molecule has 0 aliphatic heterocycles. The number of carbonyl (C=O) groups excluding carboxylic acids is 1. The van der Waals surface area contributed by atoms with Crippen LogP contribution in [-0.4, -0.2) is 37.5 Å². The van der Waals surface area contributed by atoms with E-state index in [-0.39, 0.29) is 12.6 Å². The molecule has 84 valence electrons. The first kappa shape index (κ1) is 13.4. The van der Waals surface area contributed by atoms with E-state index in [1.54, 1.807) is 6.92 Å². The lowest BCUT2D eigenvalue weighted by Crippen LogP contribution is -2.04. The zero-order valence-electron chi connectivity index (χ0n) is 8.83. The van der Waals surface area contributed by atoms with Gasteiger partial charge in [0.1, 0.15) is 0 Å². The van der Waals surface area contributed by atoms with Crippen LogP contribution in [0.15, 0.2) is 0 Å². The van der Waals surface area contributed by atoms with E-state index in [1.807, 2.05) is 0 Å². The van der Waals surface area contributed by atoms with Gasteiger partial charge in [-0.3, -0.25) is 4.79 Å². The first-order valence-corrected chi connectivity index (χ1v) is 5.15. The molecule has 0 bridgehead atoms. The highest BCUT2D eigenvalue weighted by Gasteiger charge is 2.00. The van der Waals surface area contributed by atoms with Crippen molar-refractivity contribution in [2.75, 3.05) is 26.4 Å². The maximum Gasteiger partial charge on any atom is 0.305 e. The highest BCUT2D eigenvalue weighted by molar-refractivity contribution is 5.69. The minimum Gasteiger partial charge on any atom is -0.466 e. The highest BCUT2D eigenvalue weighted by Crippen LogP contribution is 2.01. The molecule has 0 saturated heterocycles. The predicted molar refractivity (Wildman–Crippen MR) is 53.0 cm³/mol. The molecule has 14 heavy (non-hydrogen) atoms. The molecular formula is C10H20O4. The lowest BCUT2D eigenvalue weighted by Gasteiger charge is -2.02. The molecule has 0 rings (SSSR count). The molecule has 1 N–H and O–H groups in total. The van der Waals surface area contributed by atoms with Crippen LogP contribution in [0.5, 0.6) is 0 Å². The van der Waals surface area contributed by atoms with Gasteiger partial charge in [0, 0.05) is 13.0 Å². The Morgan fingerprint density at radius 3 is 2.64 bits per heavy atom. The summed E-state index contributed by atoms with van der Waals surface area (Å²) >= 11 is 0. The van der Waals surface area contributed by atoms with Crippen LogP contribution in [0.2, 0.25) is 0 Å². The SMILES string of the molecule is CCOC(=O)CCCCCOCCO. The normalized spacial score (nSPS) is 10.1. The van der Waals surface area contributed by atoms with Crippen LogP contribution in [0.25, 0.3) is 0 Å². The lowest BCUT2D eigenvalue weighted by atomic mass is 10.2. The number of hydrogen-bond acceptors (Lipinski definition) is 4. The van der Waals surface area contributed by atoms with E-state index in [0.717, 1.165) is 19.3 Å². The molecule has 0 amide bonds. The van der Waals surface area contributed by atoms with Gasteiger partial charge in [-0.2, -0.15) is 0 Å². The fourth-order valence-corrected chi connectivity index (χ4v) is 1.05. The van der Waals surface area contributed by atoms with E-state index in [2.05, 4.69) is 0 Å². The Morgan fingerprint density at radius 1 is 1.21 bits per heavy atom. The summed E-state index contributed by atoms with van der Waals surface area (Å²) in [6, 6.07) is 0. The Balaban J connectivity index is 3.01. The number of ether oxygens (including phenoxy) is 2. The quantitative estimate of drug-likeness (QED) is 0.451. The molecule has 4 heteroatoms. The Hall–Kier alpha value is -0.610. The van der Waals surface area contributed by atoms with Gasteiger partial charge in [-0.1, -0.05) is 6.42 Å². The van der Waals surface area contributed by atoms with Gasteiger partial charge in [0.15, 0.2) is 0 Å². The average Bonchev–Trinajstić information content (AvgIpc) is 2.17. The van der Waals surface area contributed by atoms with Crippen LogP contribution < -0.4 is 0 Å². The first-order valence-electron chi connectivity index (χ1n) is 5.15. The second-order valence-corrected chi connectivity index (χ2v) is 2.95. The Kier molecular flexibility index (Phi) is 10.0. The second-order valence-electron chi connectivity index (χ2n) is 2.95. The number of aliphatic hydroxyl groups excluding tert-OH is 1. The van der Waals surface area contributed by atoms with Gasteiger partial charge in [0.2, 0.25) is 0 Å². The Labute approximate surface area is 85.2 Å². The average molecular weight is 204 g/mol. The molecule has 0 aliphatic carbocycles. The summed E-state index contributed by atoms with van der Waals surface area (Å²) in [5, 5.41) is 8.41. The van der Waals surface area contributed by atoms with Crippen molar-refractivity contribution in [3.63, 3.8) is 0 Å². The minimum atomic E-state index is -0.122. The Bertz CT molecular complexity index is 136.